The van der Waals surface area contributed by atoms with Gasteiger partial charge >= 0.3 is 12.1 Å². The average Bonchev–Trinajstić information content (AvgIpc) is 3.12. The van der Waals surface area contributed by atoms with E-state index < -0.39 is 23.5 Å². The molecular formula is C26H26F4N2O4. The first-order chi connectivity index (χ1) is 17.1. The van der Waals surface area contributed by atoms with Crippen molar-refractivity contribution in [3.8, 4) is 5.75 Å². The molecule has 2 aromatic carbocycles. The van der Waals surface area contributed by atoms with Gasteiger partial charge in [-0.05, 0) is 67.3 Å². The van der Waals surface area contributed by atoms with Gasteiger partial charge in [-0.15, -0.1) is 0 Å². The number of carboxylic acids is 1. The number of rotatable bonds is 8. The quantitative estimate of drug-likeness (QED) is 0.434. The van der Waals surface area contributed by atoms with Crippen molar-refractivity contribution in [1.82, 2.24) is 9.47 Å². The maximum Gasteiger partial charge on any atom is 0.416 e. The van der Waals surface area contributed by atoms with Crippen LogP contribution in [0.15, 0.2) is 42.5 Å². The van der Waals surface area contributed by atoms with E-state index in [0.717, 1.165) is 23.4 Å². The van der Waals surface area contributed by atoms with Gasteiger partial charge in [-0.25, -0.2) is 4.39 Å². The van der Waals surface area contributed by atoms with Gasteiger partial charge in [0.2, 0.25) is 5.91 Å². The summed E-state index contributed by atoms with van der Waals surface area (Å²) in [4.78, 5) is 25.9. The number of ether oxygens (including phenoxy) is 1. The summed E-state index contributed by atoms with van der Waals surface area (Å²) >= 11 is 0. The van der Waals surface area contributed by atoms with Gasteiger partial charge in [0.1, 0.15) is 24.7 Å². The molecule has 3 aromatic rings. The highest BCUT2D eigenvalue weighted by Gasteiger charge is 2.32. The van der Waals surface area contributed by atoms with Gasteiger partial charge in [-0.1, -0.05) is 6.92 Å². The number of hydrogen-bond acceptors (Lipinski definition) is 3. The Kier molecular flexibility index (Phi) is 7.23. The van der Waals surface area contributed by atoms with E-state index in [1.54, 1.807) is 22.5 Å². The summed E-state index contributed by atoms with van der Waals surface area (Å²) in [6.45, 7) is 1.83. The highest BCUT2D eigenvalue weighted by molar-refractivity contribution is 5.87. The monoisotopic (exact) mass is 506 g/mol. The first-order valence-electron chi connectivity index (χ1n) is 11.7. The fourth-order valence-corrected chi connectivity index (χ4v) is 4.90. The zero-order valence-corrected chi connectivity index (χ0v) is 19.6. The number of hydrogen-bond donors (Lipinski definition) is 1. The van der Waals surface area contributed by atoms with Crippen LogP contribution in [-0.2, 0) is 35.2 Å². The molecule has 0 bridgehead atoms. The number of aliphatic carboxylic acids is 1. The molecule has 0 unspecified atom stereocenters. The summed E-state index contributed by atoms with van der Waals surface area (Å²) in [7, 11) is 0. The third-order valence-corrected chi connectivity index (χ3v) is 6.54. The van der Waals surface area contributed by atoms with Crippen LogP contribution in [0.1, 0.15) is 36.6 Å². The largest absolute Gasteiger partial charge is 0.492 e. The maximum absolute atomic E-state index is 14.1. The molecule has 0 saturated heterocycles. The second-order valence-electron chi connectivity index (χ2n) is 8.77. The van der Waals surface area contributed by atoms with E-state index in [4.69, 9.17) is 4.74 Å². The van der Waals surface area contributed by atoms with Gasteiger partial charge < -0.3 is 19.3 Å². The minimum atomic E-state index is -4.43. The lowest BCUT2D eigenvalue weighted by atomic mass is 9.90. The van der Waals surface area contributed by atoms with Crippen LogP contribution in [0, 0.1) is 5.82 Å². The predicted molar refractivity (Wildman–Crippen MR) is 124 cm³/mol. The number of carbonyl (C=O) groups is 2. The second kappa shape index (κ2) is 10.2. The van der Waals surface area contributed by atoms with Crippen LogP contribution < -0.4 is 4.74 Å². The summed E-state index contributed by atoms with van der Waals surface area (Å²) in [5.41, 5.74) is 1.54. The van der Waals surface area contributed by atoms with E-state index >= 15 is 0 Å². The lowest BCUT2D eigenvalue weighted by Crippen LogP contribution is -2.45. The number of alkyl halides is 3. The Labute approximate surface area is 205 Å². The van der Waals surface area contributed by atoms with Crippen LogP contribution in [0.25, 0.3) is 10.9 Å². The molecule has 36 heavy (non-hydrogen) atoms. The molecule has 0 spiro atoms. The van der Waals surface area contributed by atoms with E-state index in [1.807, 2.05) is 0 Å². The van der Waals surface area contributed by atoms with Crippen molar-refractivity contribution in [2.24, 2.45) is 0 Å². The van der Waals surface area contributed by atoms with Crippen molar-refractivity contribution < 1.29 is 37.0 Å². The number of carbonyl (C=O) groups excluding carboxylic acids is 1. The smallest absolute Gasteiger partial charge is 0.416 e. The standard InChI is InChI=1S/C26H26F4N2O4/c1-2-24(33)31(11-12-36-19-7-3-16(4-8-19)26(28,29)30)18-6-10-23-21(14-18)20-13-17(27)5-9-22(20)32(23)15-25(34)35/h3-5,7-9,13,18H,2,6,10-12,14-15H2,1H3,(H,34,35)/t18-/m0/s1. The van der Waals surface area contributed by atoms with Crippen molar-refractivity contribution >= 4 is 22.8 Å². The fraction of sp³-hybridized carbons (Fsp3) is 0.385. The van der Waals surface area contributed by atoms with Gasteiger partial charge in [0.25, 0.3) is 0 Å². The molecule has 0 fully saturated rings. The Morgan fingerprint density at radius 1 is 1.17 bits per heavy atom. The SMILES string of the molecule is CCC(=O)N(CCOc1ccc(C(F)(F)F)cc1)[C@H]1CCc2c(c3cc(F)ccc3n2CC(=O)O)C1. The molecule has 1 heterocycles. The summed E-state index contributed by atoms with van der Waals surface area (Å²) < 4.78 is 59.7. The van der Waals surface area contributed by atoms with E-state index in [-0.39, 0.29) is 43.8 Å². The lowest BCUT2D eigenvalue weighted by molar-refractivity contribution is -0.138. The third kappa shape index (κ3) is 5.32. The average molecular weight is 506 g/mol. The molecule has 1 aliphatic rings. The second-order valence-corrected chi connectivity index (χ2v) is 8.77. The van der Waals surface area contributed by atoms with Crippen LogP contribution in [0.3, 0.4) is 0 Å². The lowest BCUT2D eigenvalue weighted by Gasteiger charge is -2.35. The Balaban J connectivity index is 1.52. The molecule has 1 aliphatic carbocycles. The normalized spacial score (nSPS) is 15.5. The van der Waals surface area contributed by atoms with Crippen LogP contribution in [0.5, 0.6) is 5.75 Å². The molecule has 1 amide bonds. The molecule has 0 aliphatic heterocycles. The Hall–Kier alpha value is -3.56. The number of halogens is 4. The van der Waals surface area contributed by atoms with E-state index in [0.29, 0.717) is 30.2 Å². The molecule has 0 saturated carbocycles. The zero-order chi connectivity index (χ0) is 26.0. The van der Waals surface area contributed by atoms with Crippen LogP contribution in [-0.4, -0.2) is 45.6 Å². The van der Waals surface area contributed by atoms with Crippen molar-refractivity contribution in [2.75, 3.05) is 13.2 Å². The van der Waals surface area contributed by atoms with Crippen LogP contribution in [0.2, 0.25) is 0 Å². The molecule has 0 radical (unpaired) electrons. The van der Waals surface area contributed by atoms with Gasteiger partial charge in [0.15, 0.2) is 0 Å². The van der Waals surface area contributed by atoms with E-state index in [9.17, 15) is 32.3 Å². The molecule has 1 N–H and O–H groups in total. The van der Waals surface area contributed by atoms with Crippen molar-refractivity contribution in [1.29, 1.82) is 0 Å². The number of aromatic nitrogens is 1. The Bertz CT molecular complexity index is 1270. The highest BCUT2D eigenvalue weighted by Crippen LogP contribution is 2.35. The molecular weight excluding hydrogens is 480 g/mol. The van der Waals surface area contributed by atoms with Gasteiger partial charge in [0.05, 0.1) is 12.1 Å². The highest BCUT2D eigenvalue weighted by atomic mass is 19.4. The summed E-state index contributed by atoms with van der Waals surface area (Å²) in [6, 6.07) is 8.45. The van der Waals surface area contributed by atoms with Crippen molar-refractivity contribution in [3.63, 3.8) is 0 Å². The summed E-state index contributed by atoms with van der Waals surface area (Å²) in [6.07, 6.45) is -2.61. The Morgan fingerprint density at radius 2 is 1.89 bits per heavy atom. The third-order valence-electron chi connectivity index (χ3n) is 6.54. The Morgan fingerprint density at radius 3 is 2.53 bits per heavy atom. The molecule has 1 atom stereocenters. The van der Waals surface area contributed by atoms with Gasteiger partial charge in [0, 0.05) is 29.1 Å². The number of nitrogens with zero attached hydrogens (tertiary/aromatic N) is 2. The van der Waals surface area contributed by atoms with Crippen molar-refractivity contribution in [2.45, 2.75) is 51.4 Å². The predicted octanol–water partition coefficient (Wildman–Crippen LogP) is 5.06. The van der Waals surface area contributed by atoms with Crippen LogP contribution in [0.4, 0.5) is 17.6 Å². The molecule has 6 nitrogen and oxygen atoms in total. The molecule has 10 heteroatoms. The first kappa shape index (κ1) is 25.5. The minimum absolute atomic E-state index is 0.0931. The topological polar surface area (TPSA) is 71.8 Å². The van der Waals surface area contributed by atoms with E-state index in [2.05, 4.69) is 0 Å². The first-order valence-corrected chi connectivity index (χ1v) is 11.7. The number of carboxylic acid groups (broad SMARTS) is 1. The van der Waals surface area contributed by atoms with Crippen molar-refractivity contribution in [3.05, 3.63) is 65.1 Å². The fourth-order valence-electron chi connectivity index (χ4n) is 4.90. The molecule has 1 aromatic heterocycles. The summed E-state index contributed by atoms with van der Waals surface area (Å²) in [5, 5.41) is 10.0. The summed E-state index contributed by atoms with van der Waals surface area (Å²) in [5.74, 6) is -1.25. The minimum Gasteiger partial charge on any atom is -0.492 e. The number of benzene rings is 2. The molecule has 4 rings (SSSR count). The van der Waals surface area contributed by atoms with Gasteiger partial charge in [-0.2, -0.15) is 13.2 Å². The van der Waals surface area contributed by atoms with E-state index in [1.165, 1.54) is 24.3 Å². The number of fused-ring (bicyclic) bond motifs is 3. The van der Waals surface area contributed by atoms with Gasteiger partial charge in [-0.3, -0.25) is 9.59 Å². The maximum atomic E-state index is 14.1. The number of amides is 1. The van der Waals surface area contributed by atoms with Crippen LogP contribution >= 0.6 is 0 Å². The zero-order valence-electron chi connectivity index (χ0n) is 19.6. The molecule has 192 valence electrons.